The van der Waals surface area contributed by atoms with Crippen LogP contribution in [-0.4, -0.2) is 21.1 Å². The topological polar surface area (TPSA) is 52.0 Å². The van der Waals surface area contributed by atoms with Crippen LogP contribution in [0.3, 0.4) is 0 Å². The van der Waals surface area contributed by atoms with Gasteiger partial charge in [0, 0.05) is 37.2 Å². The zero-order chi connectivity index (χ0) is 17.3. The average Bonchev–Trinajstić information content (AvgIpc) is 3.15. The highest BCUT2D eigenvalue weighted by molar-refractivity contribution is 5.33. The van der Waals surface area contributed by atoms with Crippen LogP contribution in [0, 0.1) is 5.92 Å². The number of benzene rings is 1. The Hall–Kier alpha value is -2.66. The fraction of sp³-hybridized carbons (Fsp3) is 0.300. The van der Waals surface area contributed by atoms with Crippen molar-refractivity contribution < 1.29 is 4.74 Å². The number of rotatable bonds is 9. The van der Waals surface area contributed by atoms with Gasteiger partial charge in [0.1, 0.15) is 12.4 Å². The molecule has 0 aliphatic carbocycles. The Balaban J connectivity index is 1.49. The Morgan fingerprint density at radius 2 is 2.00 bits per heavy atom. The molecule has 1 atom stereocenters. The normalized spacial score (nSPS) is 12.0. The minimum Gasteiger partial charge on any atom is -0.487 e. The number of hydrogen-bond donors (Lipinski definition) is 1. The molecule has 0 fully saturated rings. The van der Waals surface area contributed by atoms with Gasteiger partial charge in [-0.1, -0.05) is 31.2 Å². The Labute approximate surface area is 148 Å². The molecule has 0 amide bonds. The van der Waals surface area contributed by atoms with Gasteiger partial charge in [0.05, 0.1) is 12.0 Å². The van der Waals surface area contributed by atoms with E-state index in [0.29, 0.717) is 12.5 Å². The molecule has 5 heteroatoms. The number of nitrogens with zero attached hydrogens (tertiary/aromatic N) is 3. The van der Waals surface area contributed by atoms with E-state index in [9.17, 15) is 0 Å². The van der Waals surface area contributed by atoms with Crippen molar-refractivity contribution in [1.29, 1.82) is 0 Å². The van der Waals surface area contributed by atoms with Crippen molar-refractivity contribution in [2.45, 2.75) is 26.6 Å². The van der Waals surface area contributed by atoms with Crippen molar-refractivity contribution in [3.05, 3.63) is 78.6 Å². The maximum Gasteiger partial charge on any atom is 0.130 e. The van der Waals surface area contributed by atoms with Crippen molar-refractivity contribution >= 4 is 0 Å². The van der Waals surface area contributed by atoms with E-state index in [4.69, 9.17) is 4.74 Å². The van der Waals surface area contributed by atoms with Crippen LogP contribution in [0.25, 0.3) is 0 Å². The van der Waals surface area contributed by atoms with Gasteiger partial charge in [0.2, 0.25) is 0 Å². The van der Waals surface area contributed by atoms with Crippen molar-refractivity contribution in [1.82, 2.24) is 19.9 Å². The molecular formula is C20H24N4O. The van der Waals surface area contributed by atoms with Crippen molar-refractivity contribution in [2.24, 2.45) is 5.92 Å². The Bertz CT molecular complexity index is 743. The lowest BCUT2D eigenvalue weighted by atomic mass is 10.1. The lowest BCUT2D eigenvalue weighted by Gasteiger charge is -2.15. The van der Waals surface area contributed by atoms with Gasteiger partial charge in [-0.15, -0.1) is 0 Å². The number of ether oxygens (including phenoxy) is 1. The average molecular weight is 336 g/mol. The summed E-state index contributed by atoms with van der Waals surface area (Å²) in [6.45, 7) is 5.40. The summed E-state index contributed by atoms with van der Waals surface area (Å²) in [6, 6.07) is 14.0. The van der Waals surface area contributed by atoms with Crippen LogP contribution in [0.2, 0.25) is 0 Å². The predicted octanol–water partition coefficient (Wildman–Crippen LogP) is 3.28. The first-order valence-corrected chi connectivity index (χ1v) is 8.58. The van der Waals surface area contributed by atoms with Gasteiger partial charge < -0.3 is 14.6 Å². The zero-order valence-corrected chi connectivity index (χ0v) is 14.5. The molecule has 130 valence electrons. The maximum atomic E-state index is 5.95. The fourth-order valence-electron chi connectivity index (χ4n) is 2.70. The molecule has 2 heterocycles. The van der Waals surface area contributed by atoms with Crippen molar-refractivity contribution in [3.8, 4) is 5.75 Å². The lowest BCUT2D eigenvalue weighted by Crippen LogP contribution is -2.23. The first kappa shape index (κ1) is 17.2. The molecule has 0 bridgehead atoms. The molecule has 3 rings (SSSR count). The van der Waals surface area contributed by atoms with Crippen LogP contribution in [0.15, 0.2) is 67.4 Å². The summed E-state index contributed by atoms with van der Waals surface area (Å²) < 4.78 is 8.06. The van der Waals surface area contributed by atoms with Crippen LogP contribution in [0.5, 0.6) is 5.75 Å². The number of pyridine rings is 1. The highest BCUT2D eigenvalue weighted by atomic mass is 16.5. The molecule has 2 aromatic heterocycles. The number of para-hydroxylation sites is 1. The van der Waals surface area contributed by atoms with E-state index in [1.165, 1.54) is 0 Å². The highest BCUT2D eigenvalue weighted by Crippen LogP contribution is 2.19. The molecule has 0 aliphatic heterocycles. The predicted molar refractivity (Wildman–Crippen MR) is 98.1 cm³/mol. The van der Waals surface area contributed by atoms with Crippen molar-refractivity contribution in [2.75, 3.05) is 6.54 Å². The first-order valence-electron chi connectivity index (χ1n) is 8.58. The van der Waals surface area contributed by atoms with Gasteiger partial charge in [-0.25, -0.2) is 4.98 Å². The van der Waals surface area contributed by atoms with Crippen LogP contribution >= 0.6 is 0 Å². The minimum atomic E-state index is 0.481. The third-order valence-corrected chi connectivity index (χ3v) is 3.96. The molecule has 1 N–H and O–H groups in total. The summed E-state index contributed by atoms with van der Waals surface area (Å²) in [7, 11) is 0. The molecule has 1 aromatic carbocycles. The van der Waals surface area contributed by atoms with E-state index < -0.39 is 0 Å². The summed E-state index contributed by atoms with van der Waals surface area (Å²) in [5.41, 5.74) is 2.09. The summed E-state index contributed by atoms with van der Waals surface area (Å²) in [4.78, 5) is 8.38. The van der Waals surface area contributed by atoms with Gasteiger partial charge in [-0.05, 0) is 30.7 Å². The summed E-state index contributed by atoms with van der Waals surface area (Å²) in [5, 5.41) is 3.52. The second-order valence-electron chi connectivity index (χ2n) is 6.21. The fourth-order valence-corrected chi connectivity index (χ4v) is 2.70. The summed E-state index contributed by atoms with van der Waals surface area (Å²) in [5.74, 6) is 1.43. The van der Waals surface area contributed by atoms with Crippen LogP contribution in [-0.2, 0) is 19.7 Å². The Morgan fingerprint density at radius 3 is 2.80 bits per heavy atom. The monoisotopic (exact) mass is 336 g/mol. The van der Waals surface area contributed by atoms with Gasteiger partial charge in [-0.2, -0.15) is 0 Å². The molecule has 0 saturated heterocycles. The third kappa shape index (κ3) is 5.43. The second kappa shape index (κ2) is 8.99. The van der Waals surface area contributed by atoms with Crippen LogP contribution in [0.1, 0.15) is 18.2 Å². The van der Waals surface area contributed by atoms with E-state index in [2.05, 4.69) is 32.8 Å². The van der Waals surface area contributed by atoms with Gasteiger partial charge in [0.25, 0.3) is 0 Å². The smallest absolute Gasteiger partial charge is 0.130 e. The molecule has 25 heavy (non-hydrogen) atoms. The second-order valence-corrected chi connectivity index (χ2v) is 6.21. The van der Waals surface area contributed by atoms with Crippen LogP contribution in [0.4, 0.5) is 0 Å². The van der Waals surface area contributed by atoms with E-state index in [1.807, 2.05) is 55.1 Å². The zero-order valence-electron chi connectivity index (χ0n) is 14.5. The van der Waals surface area contributed by atoms with Gasteiger partial charge >= 0.3 is 0 Å². The van der Waals surface area contributed by atoms with Gasteiger partial charge in [-0.3, -0.25) is 4.98 Å². The minimum absolute atomic E-state index is 0.481. The van der Waals surface area contributed by atoms with Crippen molar-refractivity contribution in [3.63, 3.8) is 0 Å². The third-order valence-electron chi connectivity index (χ3n) is 3.96. The molecule has 0 saturated carbocycles. The van der Waals surface area contributed by atoms with E-state index in [0.717, 1.165) is 36.6 Å². The molecule has 0 radical (unpaired) electrons. The summed E-state index contributed by atoms with van der Waals surface area (Å²) in [6.07, 6.45) is 7.46. The highest BCUT2D eigenvalue weighted by Gasteiger charge is 2.06. The Kier molecular flexibility index (Phi) is 6.17. The summed E-state index contributed by atoms with van der Waals surface area (Å²) >= 11 is 0. The van der Waals surface area contributed by atoms with E-state index >= 15 is 0 Å². The SMILES string of the molecule is CC(CNCc1ccccc1OCc1ccccn1)Cn1ccnc1. The van der Waals surface area contributed by atoms with E-state index in [1.54, 1.807) is 6.20 Å². The molecule has 5 nitrogen and oxygen atoms in total. The molecule has 1 unspecified atom stereocenters. The largest absolute Gasteiger partial charge is 0.487 e. The number of aromatic nitrogens is 3. The molecule has 0 aliphatic rings. The molecule has 0 spiro atoms. The first-order chi connectivity index (χ1) is 12.3. The lowest BCUT2D eigenvalue weighted by molar-refractivity contribution is 0.297. The quantitative estimate of drug-likeness (QED) is 0.651. The van der Waals surface area contributed by atoms with Gasteiger partial charge in [0.15, 0.2) is 0 Å². The number of hydrogen-bond acceptors (Lipinski definition) is 4. The number of nitrogens with one attached hydrogen (secondary N) is 1. The Morgan fingerprint density at radius 1 is 1.12 bits per heavy atom. The standard InChI is InChI=1S/C20H24N4O/c1-17(14-24-11-10-21-16-24)12-22-13-18-6-2-3-8-20(18)25-15-19-7-4-5-9-23-19/h2-11,16-17,22H,12-15H2,1H3. The molecule has 3 aromatic rings. The van der Waals surface area contributed by atoms with Crippen LogP contribution < -0.4 is 10.1 Å². The number of imidazole rings is 1. The van der Waals surface area contributed by atoms with E-state index in [-0.39, 0.29) is 0 Å². The molecular weight excluding hydrogens is 312 g/mol. The maximum absolute atomic E-state index is 5.95.